The van der Waals surface area contributed by atoms with E-state index in [0.29, 0.717) is 0 Å². The molecule has 2 heteroatoms. The zero-order valence-corrected chi connectivity index (χ0v) is 8.28. The number of hydrogen-bond acceptors (Lipinski definition) is 2. The first kappa shape index (κ1) is 9.65. The van der Waals surface area contributed by atoms with E-state index in [2.05, 4.69) is 9.97 Å². The van der Waals surface area contributed by atoms with E-state index in [1.54, 1.807) is 6.20 Å². The Morgan fingerprint density at radius 2 is 1.85 bits per heavy atom. The van der Waals surface area contributed by atoms with Crippen molar-refractivity contribution < 1.29 is 0 Å². The van der Waals surface area contributed by atoms with E-state index >= 15 is 0 Å². The highest BCUT2D eigenvalue weighted by molar-refractivity contribution is 5.80. The highest BCUT2D eigenvalue weighted by Crippen LogP contribution is 2.10. The van der Waals surface area contributed by atoms with Crippen molar-refractivity contribution in [1.29, 1.82) is 0 Å². The predicted octanol–water partition coefficient (Wildman–Crippen LogP) is 2.96. The minimum Gasteiger partial charge on any atom is -0.264 e. The normalized spacial score (nSPS) is 9.15. The second-order valence-electron chi connectivity index (χ2n) is 2.55. The molecule has 0 amide bonds. The van der Waals surface area contributed by atoms with Gasteiger partial charge in [-0.2, -0.15) is 0 Å². The number of nitrogens with zero attached hydrogens (tertiary/aromatic N) is 2. The topological polar surface area (TPSA) is 25.8 Å². The monoisotopic (exact) mass is 174 g/mol. The van der Waals surface area contributed by atoms with Gasteiger partial charge in [-0.25, -0.2) is 0 Å². The van der Waals surface area contributed by atoms with Crippen LogP contribution in [0.1, 0.15) is 19.5 Å². The quantitative estimate of drug-likeness (QED) is 0.613. The van der Waals surface area contributed by atoms with Crippen molar-refractivity contribution in [2.45, 2.75) is 20.8 Å². The molecule has 68 valence electrons. The van der Waals surface area contributed by atoms with E-state index < -0.39 is 0 Å². The summed E-state index contributed by atoms with van der Waals surface area (Å²) >= 11 is 0. The van der Waals surface area contributed by atoms with Crippen molar-refractivity contribution in [3.05, 3.63) is 36.4 Å². The van der Waals surface area contributed by atoms with Gasteiger partial charge in [-0.05, 0) is 19.1 Å². The summed E-state index contributed by atoms with van der Waals surface area (Å²) in [6, 6.07) is 3.99. The fourth-order valence-corrected chi connectivity index (χ4v) is 1.09. The van der Waals surface area contributed by atoms with Gasteiger partial charge < -0.3 is 0 Å². The summed E-state index contributed by atoms with van der Waals surface area (Å²) in [4.78, 5) is 8.21. The summed E-state index contributed by atoms with van der Waals surface area (Å²) in [5.74, 6) is 0. The standard InChI is InChI=1S/C9H8N2.C2H6/c1-7-4-9-5-10-3-2-8(9)6-11-7;1-2/h2-6H,1H3;1-2H3. The Balaban J connectivity index is 0.000000396. The molecule has 2 aromatic rings. The lowest BCUT2D eigenvalue weighted by Crippen LogP contribution is -1.81. The molecule has 0 unspecified atom stereocenters. The van der Waals surface area contributed by atoms with E-state index in [-0.39, 0.29) is 0 Å². The van der Waals surface area contributed by atoms with Crippen LogP contribution in [0.5, 0.6) is 0 Å². The van der Waals surface area contributed by atoms with Crippen LogP contribution in [0.15, 0.2) is 30.7 Å². The molecule has 0 saturated heterocycles. The van der Waals surface area contributed by atoms with Gasteiger partial charge in [0.2, 0.25) is 0 Å². The first-order valence-electron chi connectivity index (χ1n) is 4.52. The average molecular weight is 174 g/mol. The molecule has 2 rings (SSSR count). The molecule has 0 aliphatic carbocycles. The molecule has 0 atom stereocenters. The van der Waals surface area contributed by atoms with Crippen molar-refractivity contribution in [2.24, 2.45) is 0 Å². The SMILES string of the molecule is CC.Cc1cc2cnccc2cn1. The van der Waals surface area contributed by atoms with Crippen LogP contribution in [-0.2, 0) is 0 Å². The minimum atomic E-state index is 1.03. The second kappa shape index (κ2) is 4.55. The number of rotatable bonds is 0. The third-order valence-electron chi connectivity index (χ3n) is 1.66. The molecular formula is C11H14N2. The van der Waals surface area contributed by atoms with Crippen molar-refractivity contribution in [1.82, 2.24) is 9.97 Å². The molecule has 0 aromatic carbocycles. The maximum absolute atomic E-state index is 4.18. The number of pyridine rings is 2. The van der Waals surface area contributed by atoms with Crippen molar-refractivity contribution in [2.75, 3.05) is 0 Å². The Morgan fingerprint density at radius 3 is 2.62 bits per heavy atom. The fourth-order valence-electron chi connectivity index (χ4n) is 1.09. The van der Waals surface area contributed by atoms with Crippen LogP contribution in [0, 0.1) is 6.92 Å². The van der Waals surface area contributed by atoms with Crippen LogP contribution in [-0.4, -0.2) is 9.97 Å². The Kier molecular flexibility index (Phi) is 3.38. The van der Waals surface area contributed by atoms with Crippen LogP contribution >= 0.6 is 0 Å². The van der Waals surface area contributed by atoms with Gasteiger partial charge in [0, 0.05) is 35.1 Å². The largest absolute Gasteiger partial charge is 0.264 e. The summed E-state index contributed by atoms with van der Waals surface area (Å²) in [6.45, 7) is 5.98. The van der Waals surface area contributed by atoms with Crippen molar-refractivity contribution in [3.8, 4) is 0 Å². The second-order valence-corrected chi connectivity index (χ2v) is 2.55. The molecule has 0 aliphatic heterocycles. The molecule has 0 radical (unpaired) electrons. The lowest BCUT2D eigenvalue weighted by atomic mass is 10.2. The molecule has 0 spiro atoms. The molecular weight excluding hydrogens is 160 g/mol. The van der Waals surface area contributed by atoms with Gasteiger partial charge in [0.05, 0.1) is 0 Å². The molecule has 0 N–H and O–H groups in total. The van der Waals surface area contributed by atoms with E-state index in [9.17, 15) is 0 Å². The van der Waals surface area contributed by atoms with Crippen LogP contribution in [0.2, 0.25) is 0 Å². The molecule has 0 saturated carbocycles. The van der Waals surface area contributed by atoms with Crippen LogP contribution in [0.25, 0.3) is 10.8 Å². The van der Waals surface area contributed by atoms with E-state index in [4.69, 9.17) is 0 Å². The van der Waals surface area contributed by atoms with Gasteiger partial charge in [-0.15, -0.1) is 0 Å². The third kappa shape index (κ3) is 2.25. The molecule has 2 nitrogen and oxygen atoms in total. The van der Waals surface area contributed by atoms with E-state index in [1.807, 2.05) is 45.3 Å². The number of aryl methyl sites for hydroxylation is 1. The number of aromatic nitrogens is 2. The van der Waals surface area contributed by atoms with Gasteiger partial charge in [0.25, 0.3) is 0 Å². The van der Waals surface area contributed by atoms with Crippen LogP contribution < -0.4 is 0 Å². The minimum absolute atomic E-state index is 1.03. The molecule has 13 heavy (non-hydrogen) atoms. The molecule has 2 aromatic heterocycles. The lowest BCUT2D eigenvalue weighted by Gasteiger charge is -1.95. The average Bonchev–Trinajstić information content (AvgIpc) is 2.21. The Morgan fingerprint density at radius 1 is 1.08 bits per heavy atom. The Labute approximate surface area is 78.7 Å². The Hall–Kier alpha value is -1.44. The van der Waals surface area contributed by atoms with Crippen LogP contribution in [0.3, 0.4) is 0 Å². The summed E-state index contributed by atoms with van der Waals surface area (Å²) in [7, 11) is 0. The molecule has 0 fully saturated rings. The van der Waals surface area contributed by atoms with Gasteiger partial charge in [0.1, 0.15) is 0 Å². The summed E-state index contributed by atoms with van der Waals surface area (Å²) < 4.78 is 0. The first-order valence-corrected chi connectivity index (χ1v) is 4.52. The maximum atomic E-state index is 4.18. The summed E-state index contributed by atoms with van der Waals surface area (Å²) in [5.41, 5.74) is 1.03. The molecule has 0 aliphatic rings. The van der Waals surface area contributed by atoms with Crippen LogP contribution in [0.4, 0.5) is 0 Å². The fraction of sp³-hybridized carbons (Fsp3) is 0.273. The van der Waals surface area contributed by atoms with Crippen molar-refractivity contribution in [3.63, 3.8) is 0 Å². The third-order valence-corrected chi connectivity index (χ3v) is 1.66. The lowest BCUT2D eigenvalue weighted by molar-refractivity contribution is 1.22. The van der Waals surface area contributed by atoms with Gasteiger partial charge in [0.15, 0.2) is 0 Å². The highest BCUT2D eigenvalue weighted by atomic mass is 14.7. The van der Waals surface area contributed by atoms with Gasteiger partial charge in [-0.3, -0.25) is 9.97 Å². The smallest absolute Gasteiger partial charge is 0.0379 e. The number of fused-ring (bicyclic) bond motifs is 1. The van der Waals surface area contributed by atoms with E-state index in [1.165, 1.54) is 0 Å². The van der Waals surface area contributed by atoms with E-state index in [0.717, 1.165) is 16.5 Å². The first-order chi connectivity index (χ1) is 6.36. The number of hydrogen-bond donors (Lipinski definition) is 0. The Bertz CT molecular complexity index is 383. The predicted molar refractivity (Wildman–Crippen MR) is 55.6 cm³/mol. The summed E-state index contributed by atoms with van der Waals surface area (Å²) in [6.07, 6.45) is 5.50. The van der Waals surface area contributed by atoms with Gasteiger partial charge >= 0.3 is 0 Å². The summed E-state index contributed by atoms with van der Waals surface area (Å²) in [5, 5.41) is 2.30. The molecule has 0 bridgehead atoms. The van der Waals surface area contributed by atoms with Crippen molar-refractivity contribution >= 4 is 10.8 Å². The zero-order valence-electron chi connectivity index (χ0n) is 8.28. The highest BCUT2D eigenvalue weighted by Gasteiger charge is 1.91. The zero-order chi connectivity index (χ0) is 9.68. The molecule has 2 heterocycles. The van der Waals surface area contributed by atoms with Gasteiger partial charge in [-0.1, -0.05) is 13.8 Å². The maximum Gasteiger partial charge on any atom is 0.0379 e.